The van der Waals surface area contributed by atoms with Crippen molar-refractivity contribution in [2.24, 2.45) is 16.7 Å². The van der Waals surface area contributed by atoms with Crippen LogP contribution in [0.1, 0.15) is 32.6 Å². The Kier molecular flexibility index (Phi) is 1.76. The normalized spacial score (nSPS) is 44.8. The molecule has 0 aromatic carbocycles. The first-order valence-corrected chi connectivity index (χ1v) is 5.96. The number of carbonyl (C=O) groups is 2. The van der Waals surface area contributed by atoms with Crippen molar-refractivity contribution in [3.63, 3.8) is 0 Å². The first kappa shape index (κ1) is 10.1. The molecule has 4 fully saturated rings. The number of amides is 1. The molecule has 88 valence electrons. The number of likely N-dealkylation sites (tertiary alicyclic amines) is 1. The highest BCUT2D eigenvalue weighted by Crippen LogP contribution is 2.77. The molecule has 0 aromatic rings. The Morgan fingerprint density at radius 2 is 1.94 bits per heavy atom. The van der Waals surface area contributed by atoms with Crippen LogP contribution in [-0.4, -0.2) is 35.0 Å². The molecule has 1 saturated heterocycles. The lowest BCUT2D eigenvalue weighted by Gasteiger charge is -2.70. The second-order valence-electron chi connectivity index (χ2n) is 5.93. The van der Waals surface area contributed by atoms with Gasteiger partial charge in [0.05, 0.1) is 5.41 Å². The molecule has 3 aliphatic carbocycles. The molecule has 0 radical (unpaired) electrons. The third-order valence-electron chi connectivity index (χ3n) is 5.02. The Morgan fingerprint density at radius 3 is 2.38 bits per heavy atom. The summed E-state index contributed by atoms with van der Waals surface area (Å²) < 4.78 is 0. The minimum atomic E-state index is -0.615. The summed E-state index contributed by atoms with van der Waals surface area (Å²) in [5.74, 6) is 0.0930. The van der Waals surface area contributed by atoms with Crippen molar-refractivity contribution in [1.29, 1.82) is 0 Å². The average molecular weight is 223 g/mol. The lowest BCUT2D eigenvalue weighted by Crippen LogP contribution is -2.68. The van der Waals surface area contributed by atoms with Crippen LogP contribution >= 0.6 is 0 Å². The molecule has 16 heavy (non-hydrogen) atoms. The number of hydrogen-bond acceptors (Lipinski definition) is 2. The molecular weight excluding hydrogens is 206 g/mol. The van der Waals surface area contributed by atoms with Crippen molar-refractivity contribution >= 4 is 11.9 Å². The van der Waals surface area contributed by atoms with Crippen LogP contribution in [0.5, 0.6) is 0 Å². The lowest BCUT2D eigenvalue weighted by atomic mass is 9.32. The molecule has 1 aliphatic heterocycles. The maximum Gasteiger partial charge on any atom is 0.309 e. The Bertz CT molecular complexity index is 357. The molecule has 3 saturated carbocycles. The van der Waals surface area contributed by atoms with Gasteiger partial charge in [0, 0.05) is 20.0 Å². The smallest absolute Gasteiger partial charge is 0.309 e. The van der Waals surface area contributed by atoms with E-state index in [1.54, 1.807) is 6.92 Å². The first-order chi connectivity index (χ1) is 7.47. The standard InChI is InChI=1S/C12H17NO3/c1-8(14)13-3-2-9(4-13)11-5-12(6-11,7-11)10(15)16/h9H,2-7H2,1H3,(H,15,16). The summed E-state index contributed by atoms with van der Waals surface area (Å²) in [6.07, 6.45) is 3.62. The maximum atomic E-state index is 11.2. The van der Waals surface area contributed by atoms with Gasteiger partial charge in [0.2, 0.25) is 5.91 Å². The third-order valence-corrected chi connectivity index (χ3v) is 5.02. The van der Waals surface area contributed by atoms with E-state index >= 15 is 0 Å². The molecule has 4 nitrogen and oxygen atoms in total. The van der Waals surface area contributed by atoms with E-state index in [1.807, 2.05) is 4.90 Å². The van der Waals surface area contributed by atoms with Crippen molar-refractivity contribution in [1.82, 2.24) is 4.90 Å². The van der Waals surface area contributed by atoms with E-state index in [1.165, 1.54) is 0 Å². The van der Waals surface area contributed by atoms with Crippen LogP contribution in [0, 0.1) is 16.7 Å². The Labute approximate surface area is 94.6 Å². The Morgan fingerprint density at radius 1 is 1.31 bits per heavy atom. The van der Waals surface area contributed by atoms with E-state index in [9.17, 15) is 9.59 Å². The van der Waals surface area contributed by atoms with Gasteiger partial charge >= 0.3 is 5.97 Å². The average Bonchev–Trinajstić information content (AvgIpc) is 2.46. The lowest BCUT2D eigenvalue weighted by molar-refractivity contribution is -0.240. The van der Waals surface area contributed by atoms with Crippen molar-refractivity contribution in [3.8, 4) is 0 Å². The summed E-state index contributed by atoms with van der Waals surface area (Å²) in [6, 6.07) is 0. The molecule has 0 aromatic heterocycles. The molecule has 1 atom stereocenters. The monoisotopic (exact) mass is 223 g/mol. The number of carbonyl (C=O) groups excluding carboxylic acids is 1. The Hall–Kier alpha value is -1.06. The van der Waals surface area contributed by atoms with E-state index in [0.29, 0.717) is 5.92 Å². The summed E-state index contributed by atoms with van der Waals surface area (Å²) in [6.45, 7) is 3.33. The zero-order chi connectivity index (χ0) is 11.6. The molecule has 1 heterocycles. The van der Waals surface area contributed by atoms with Gasteiger partial charge in [0.25, 0.3) is 0 Å². The number of rotatable bonds is 2. The van der Waals surface area contributed by atoms with Crippen LogP contribution in [0.15, 0.2) is 0 Å². The summed E-state index contributed by atoms with van der Waals surface area (Å²) in [5.41, 5.74) is -0.0910. The predicted octanol–water partition coefficient (Wildman–Crippen LogP) is 1.11. The van der Waals surface area contributed by atoms with Crippen LogP contribution in [0.25, 0.3) is 0 Å². The topological polar surface area (TPSA) is 57.6 Å². The van der Waals surface area contributed by atoms with Crippen molar-refractivity contribution in [3.05, 3.63) is 0 Å². The first-order valence-electron chi connectivity index (χ1n) is 5.96. The molecule has 0 spiro atoms. The highest BCUT2D eigenvalue weighted by molar-refractivity contribution is 5.79. The quantitative estimate of drug-likeness (QED) is 0.763. The second-order valence-corrected chi connectivity index (χ2v) is 5.93. The number of nitrogens with zero attached hydrogens (tertiary/aromatic N) is 1. The zero-order valence-corrected chi connectivity index (χ0v) is 9.53. The van der Waals surface area contributed by atoms with Crippen LogP contribution in [0.4, 0.5) is 0 Å². The molecule has 4 heteroatoms. The fraction of sp³-hybridized carbons (Fsp3) is 0.833. The number of carboxylic acid groups (broad SMARTS) is 1. The van der Waals surface area contributed by atoms with Crippen LogP contribution < -0.4 is 0 Å². The molecule has 2 bridgehead atoms. The summed E-state index contributed by atoms with van der Waals surface area (Å²) in [4.78, 5) is 24.1. The van der Waals surface area contributed by atoms with Crippen molar-refractivity contribution in [2.45, 2.75) is 32.6 Å². The molecule has 1 N–H and O–H groups in total. The van der Waals surface area contributed by atoms with Gasteiger partial charge in [-0.25, -0.2) is 0 Å². The molecule has 4 rings (SSSR count). The van der Waals surface area contributed by atoms with Gasteiger partial charge in [-0.3, -0.25) is 9.59 Å². The van der Waals surface area contributed by atoms with Gasteiger partial charge < -0.3 is 10.0 Å². The molecule has 1 unspecified atom stereocenters. The fourth-order valence-electron chi connectivity index (χ4n) is 4.07. The molecular formula is C12H17NO3. The van der Waals surface area contributed by atoms with E-state index in [-0.39, 0.29) is 16.7 Å². The Balaban J connectivity index is 1.63. The van der Waals surface area contributed by atoms with E-state index in [2.05, 4.69) is 0 Å². The predicted molar refractivity (Wildman–Crippen MR) is 56.7 cm³/mol. The molecule has 4 aliphatic rings. The minimum absolute atomic E-state index is 0.155. The largest absolute Gasteiger partial charge is 0.481 e. The third kappa shape index (κ3) is 1.05. The number of hydrogen-bond donors (Lipinski definition) is 1. The van der Waals surface area contributed by atoms with Crippen LogP contribution in [0.2, 0.25) is 0 Å². The van der Waals surface area contributed by atoms with Gasteiger partial charge in [-0.1, -0.05) is 0 Å². The number of carboxylic acids is 1. The van der Waals surface area contributed by atoms with E-state index in [4.69, 9.17) is 5.11 Å². The summed E-state index contributed by atoms with van der Waals surface area (Å²) in [7, 11) is 0. The SMILES string of the molecule is CC(=O)N1CCC(C23CC(C(=O)O)(C2)C3)C1. The maximum absolute atomic E-state index is 11.2. The highest BCUT2D eigenvalue weighted by atomic mass is 16.4. The van der Waals surface area contributed by atoms with Crippen LogP contribution in [-0.2, 0) is 9.59 Å². The fourth-order valence-corrected chi connectivity index (χ4v) is 4.07. The minimum Gasteiger partial charge on any atom is -0.481 e. The van der Waals surface area contributed by atoms with Crippen LogP contribution in [0.3, 0.4) is 0 Å². The van der Waals surface area contributed by atoms with Gasteiger partial charge in [0.1, 0.15) is 0 Å². The highest BCUT2D eigenvalue weighted by Gasteiger charge is 2.74. The van der Waals surface area contributed by atoms with Gasteiger partial charge in [-0.05, 0) is 37.0 Å². The summed E-state index contributed by atoms with van der Waals surface area (Å²) >= 11 is 0. The summed E-state index contributed by atoms with van der Waals surface area (Å²) in [5, 5.41) is 9.06. The zero-order valence-electron chi connectivity index (χ0n) is 9.53. The number of aliphatic carboxylic acids is 1. The van der Waals surface area contributed by atoms with Gasteiger partial charge in [0.15, 0.2) is 0 Å². The van der Waals surface area contributed by atoms with Gasteiger partial charge in [-0.15, -0.1) is 0 Å². The second kappa shape index (κ2) is 2.79. The van der Waals surface area contributed by atoms with E-state index in [0.717, 1.165) is 38.8 Å². The van der Waals surface area contributed by atoms with Crippen molar-refractivity contribution in [2.75, 3.05) is 13.1 Å². The van der Waals surface area contributed by atoms with Crippen molar-refractivity contribution < 1.29 is 14.7 Å². The molecule has 1 amide bonds. The van der Waals surface area contributed by atoms with E-state index < -0.39 is 5.97 Å². The van der Waals surface area contributed by atoms with Gasteiger partial charge in [-0.2, -0.15) is 0 Å².